The Morgan fingerprint density at radius 2 is 1.86 bits per heavy atom. The number of alkyl halides is 1. The molecule has 0 bridgehead atoms. The van der Waals surface area contributed by atoms with Gasteiger partial charge in [0.2, 0.25) is 0 Å². The van der Waals surface area contributed by atoms with Crippen LogP contribution in [-0.4, -0.2) is 13.9 Å². The lowest BCUT2D eigenvalue weighted by atomic mass is 10.2. The van der Waals surface area contributed by atoms with Gasteiger partial charge in [-0.1, -0.05) is 0 Å². The van der Waals surface area contributed by atoms with Crippen LogP contribution in [0.2, 0.25) is 0 Å². The van der Waals surface area contributed by atoms with Crippen LogP contribution >= 0.6 is 11.6 Å². The fourth-order valence-electron chi connectivity index (χ4n) is 0.945. The van der Waals surface area contributed by atoms with Crippen molar-refractivity contribution in [3.63, 3.8) is 0 Å². The molecule has 1 rings (SSSR count). The molecule has 0 saturated carbocycles. The Hall–Kier alpha value is -0.870. The van der Waals surface area contributed by atoms with Crippen molar-refractivity contribution in [2.24, 2.45) is 0 Å². The van der Waals surface area contributed by atoms with E-state index in [1.54, 1.807) is 0 Å². The summed E-state index contributed by atoms with van der Waals surface area (Å²) in [6.45, 7) is -0.200. The van der Waals surface area contributed by atoms with Gasteiger partial charge >= 0.3 is 0 Å². The lowest BCUT2D eigenvalue weighted by molar-refractivity contribution is 0.0452. The molecule has 0 amide bonds. The Labute approximate surface area is 85.4 Å². The van der Waals surface area contributed by atoms with Gasteiger partial charge in [-0.05, 0) is 17.7 Å². The first-order chi connectivity index (χ1) is 6.69. The molecule has 0 aromatic heterocycles. The SMILES string of the molecule is COCOc1c(F)cc(CCl)cc1F. The zero-order chi connectivity index (χ0) is 10.6. The molecule has 14 heavy (non-hydrogen) atoms. The molecule has 0 aliphatic carbocycles. The Kier molecular flexibility index (Phi) is 4.10. The zero-order valence-electron chi connectivity index (χ0n) is 7.52. The van der Waals surface area contributed by atoms with Crippen LogP contribution in [0, 0.1) is 11.6 Å². The molecule has 0 heterocycles. The number of hydrogen-bond donors (Lipinski definition) is 0. The third-order valence-electron chi connectivity index (χ3n) is 1.53. The predicted molar refractivity (Wildman–Crippen MR) is 48.4 cm³/mol. The number of halogens is 3. The van der Waals surface area contributed by atoms with E-state index in [4.69, 9.17) is 16.3 Å². The normalized spacial score (nSPS) is 10.3. The monoisotopic (exact) mass is 222 g/mol. The predicted octanol–water partition coefficient (Wildman–Crippen LogP) is 2.69. The molecule has 0 N–H and O–H groups in total. The summed E-state index contributed by atoms with van der Waals surface area (Å²) in [5, 5.41) is 0. The van der Waals surface area contributed by atoms with E-state index in [-0.39, 0.29) is 12.7 Å². The third kappa shape index (κ3) is 2.56. The first-order valence-electron chi connectivity index (χ1n) is 3.84. The topological polar surface area (TPSA) is 18.5 Å². The molecule has 2 nitrogen and oxygen atoms in total. The number of ether oxygens (including phenoxy) is 2. The molecule has 0 aliphatic rings. The van der Waals surface area contributed by atoms with Gasteiger partial charge < -0.3 is 9.47 Å². The molecule has 0 saturated heterocycles. The van der Waals surface area contributed by atoms with E-state index in [2.05, 4.69) is 4.74 Å². The molecule has 78 valence electrons. The highest BCUT2D eigenvalue weighted by atomic mass is 35.5. The molecule has 5 heteroatoms. The summed E-state index contributed by atoms with van der Waals surface area (Å²) in [5.74, 6) is -1.95. The van der Waals surface area contributed by atoms with Gasteiger partial charge in [0.05, 0.1) is 0 Å². The number of hydrogen-bond acceptors (Lipinski definition) is 2. The number of methoxy groups -OCH3 is 1. The van der Waals surface area contributed by atoms with E-state index in [0.29, 0.717) is 5.56 Å². The average Bonchev–Trinajstić information content (AvgIpc) is 2.16. The quantitative estimate of drug-likeness (QED) is 0.576. The molecule has 0 spiro atoms. The van der Waals surface area contributed by atoms with E-state index in [1.807, 2.05) is 0 Å². The maximum absolute atomic E-state index is 13.1. The van der Waals surface area contributed by atoms with Crippen molar-refractivity contribution in [2.75, 3.05) is 13.9 Å². The smallest absolute Gasteiger partial charge is 0.193 e. The van der Waals surface area contributed by atoms with Crippen LogP contribution in [0.4, 0.5) is 8.78 Å². The van der Waals surface area contributed by atoms with Crippen molar-refractivity contribution < 1.29 is 18.3 Å². The maximum Gasteiger partial charge on any atom is 0.193 e. The largest absolute Gasteiger partial charge is 0.461 e. The van der Waals surface area contributed by atoms with Gasteiger partial charge in [0.1, 0.15) is 0 Å². The Morgan fingerprint density at radius 1 is 1.29 bits per heavy atom. The highest BCUT2D eigenvalue weighted by Gasteiger charge is 2.11. The van der Waals surface area contributed by atoms with Gasteiger partial charge in [-0.3, -0.25) is 0 Å². The Balaban J connectivity index is 2.93. The molecule has 0 fully saturated rings. The van der Waals surface area contributed by atoms with Gasteiger partial charge in [-0.15, -0.1) is 11.6 Å². The summed E-state index contributed by atoms with van der Waals surface area (Å²) in [6.07, 6.45) is 0. The van der Waals surface area contributed by atoms with Crippen LogP contribution in [-0.2, 0) is 10.6 Å². The fourth-order valence-corrected chi connectivity index (χ4v) is 1.10. The molecular formula is C9H9ClF2O2. The van der Waals surface area contributed by atoms with Crippen molar-refractivity contribution in [1.82, 2.24) is 0 Å². The van der Waals surface area contributed by atoms with Gasteiger partial charge in [-0.25, -0.2) is 8.78 Å². The summed E-state index contributed by atoms with van der Waals surface area (Å²) in [7, 11) is 1.36. The number of rotatable bonds is 4. The van der Waals surface area contributed by atoms with Gasteiger partial charge in [0.25, 0.3) is 0 Å². The molecule has 0 radical (unpaired) electrons. The van der Waals surface area contributed by atoms with Crippen molar-refractivity contribution in [1.29, 1.82) is 0 Å². The van der Waals surface area contributed by atoms with E-state index in [0.717, 1.165) is 12.1 Å². The summed E-state index contributed by atoms with van der Waals surface area (Å²) >= 11 is 5.43. The van der Waals surface area contributed by atoms with Gasteiger partial charge in [0.15, 0.2) is 24.2 Å². The highest BCUT2D eigenvalue weighted by Crippen LogP contribution is 2.23. The van der Waals surface area contributed by atoms with Gasteiger partial charge in [-0.2, -0.15) is 0 Å². The van der Waals surface area contributed by atoms with E-state index in [9.17, 15) is 8.78 Å². The summed E-state index contributed by atoms with van der Waals surface area (Å²) in [4.78, 5) is 0. The molecule has 0 aliphatic heterocycles. The van der Waals surface area contributed by atoms with Crippen molar-refractivity contribution >= 4 is 11.6 Å². The fraction of sp³-hybridized carbons (Fsp3) is 0.333. The van der Waals surface area contributed by atoms with Crippen LogP contribution in [0.25, 0.3) is 0 Å². The Morgan fingerprint density at radius 3 is 2.29 bits per heavy atom. The van der Waals surface area contributed by atoms with Crippen LogP contribution in [0.3, 0.4) is 0 Å². The standard InChI is InChI=1S/C9H9ClF2O2/c1-13-5-14-9-7(11)2-6(4-10)3-8(9)12/h2-3H,4-5H2,1H3. The first-order valence-corrected chi connectivity index (χ1v) is 4.38. The van der Waals surface area contributed by atoms with E-state index in [1.165, 1.54) is 7.11 Å². The van der Waals surface area contributed by atoms with Gasteiger partial charge in [0, 0.05) is 13.0 Å². The summed E-state index contributed by atoms with van der Waals surface area (Å²) in [5.41, 5.74) is 0.367. The van der Waals surface area contributed by atoms with Crippen molar-refractivity contribution in [3.05, 3.63) is 29.3 Å². The zero-order valence-corrected chi connectivity index (χ0v) is 8.28. The minimum atomic E-state index is -0.780. The Bertz CT molecular complexity index is 295. The summed E-state index contributed by atoms with van der Waals surface area (Å²) in [6, 6.07) is 2.25. The second-order valence-electron chi connectivity index (χ2n) is 2.57. The van der Waals surface area contributed by atoms with E-state index < -0.39 is 17.4 Å². The van der Waals surface area contributed by atoms with Crippen LogP contribution in [0.5, 0.6) is 5.75 Å². The van der Waals surface area contributed by atoms with E-state index >= 15 is 0 Å². The van der Waals surface area contributed by atoms with Crippen molar-refractivity contribution in [2.45, 2.75) is 5.88 Å². The maximum atomic E-state index is 13.1. The molecule has 1 aromatic carbocycles. The molecule has 0 atom stereocenters. The van der Waals surface area contributed by atoms with Crippen molar-refractivity contribution in [3.8, 4) is 5.75 Å². The molecule has 1 aromatic rings. The van der Waals surface area contributed by atoms with Crippen LogP contribution < -0.4 is 4.74 Å². The lowest BCUT2D eigenvalue weighted by Crippen LogP contribution is -2.03. The summed E-state index contributed by atoms with van der Waals surface area (Å²) < 4.78 is 35.5. The molecule has 0 unspecified atom stereocenters. The minimum Gasteiger partial charge on any atom is -0.461 e. The third-order valence-corrected chi connectivity index (χ3v) is 1.84. The second-order valence-corrected chi connectivity index (χ2v) is 2.84. The molecular weight excluding hydrogens is 214 g/mol. The highest BCUT2D eigenvalue weighted by molar-refractivity contribution is 6.17. The first kappa shape index (κ1) is 11.2. The lowest BCUT2D eigenvalue weighted by Gasteiger charge is -2.07. The number of benzene rings is 1. The average molecular weight is 223 g/mol. The van der Waals surface area contributed by atoms with Crippen LogP contribution in [0.1, 0.15) is 5.56 Å². The minimum absolute atomic E-state index is 0.0540. The van der Waals surface area contributed by atoms with Crippen LogP contribution in [0.15, 0.2) is 12.1 Å². The second kappa shape index (κ2) is 5.12.